The first kappa shape index (κ1) is 12.8. The van der Waals surface area contributed by atoms with E-state index >= 15 is 0 Å². The first-order valence-electron chi connectivity index (χ1n) is 5.63. The Kier molecular flexibility index (Phi) is 3.61. The molecule has 1 unspecified atom stereocenters. The van der Waals surface area contributed by atoms with Crippen molar-refractivity contribution in [2.24, 2.45) is 0 Å². The molecule has 6 nitrogen and oxygen atoms in total. The summed E-state index contributed by atoms with van der Waals surface area (Å²) in [6.45, 7) is 1.82. The highest BCUT2D eigenvalue weighted by Gasteiger charge is 2.18. The SMILES string of the molecule is CC(NC(=O)c1cc(C(=O)O)on1)c1ccccc1. The summed E-state index contributed by atoms with van der Waals surface area (Å²) in [7, 11) is 0. The molecule has 2 aromatic rings. The van der Waals surface area contributed by atoms with Gasteiger partial charge in [0.25, 0.3) is 5.91 Å². The van der Waals surface area contributed by atoms with E-state index in [2.05, 4.69) is 15.0 Å². The first-order valence-corrected chi connectivity index (χ1v) is 5.63. The molecule has 0 aliphatic heterocycles. The Hall–Kier alpha value is -2.63. The van der Waals surface area contributed by atoms with Gasteiger partial charge in [-0.15, -0.1) is 0 Å². The standard InChI is InChI=1S/C13H12N2O4/c1-8(9-5-3-2-4-6-9)14-12(16)10-7-11(13(17)18)19-15-10/h2-8H,1H3,(H,14,16)(H,17,18). The number of benzene rings is 1. The van der Waals surface area contributed by atoms with Crippen LogP contribution in [0, 0.1) is 0 Å². The number of nitrogens with one attached hydrogen (secondary N) is 1. The molecular formula is C13H12N2O4. The van der Waals surface area contributed by atoms with Gasteiger partial charge in [-0.25, -0.2) is 4.79 Å². The van der Waals surface area contributed by atoms with Crippen LogP contribution < -0.4 is 5.32 Å². The van der Waals surface area contributed by atoms with E-state index in [1.54, 1.807) is 0 Å². The van der Waals surface area contributed by atoms with Gasteiger partial charge in [0.2, 0.25) is 5.76 Å². The fourth-order valence-corrected chi connectivity index (χ4v) is 1.58. The summed E-state index contributed by atoms with van der Waals surface area (Å²) in [5.41, 5.74) is 0.887. The number of hydrogen-bond donors (Lipinski definition) is 2. The van der Waals surface area contributed by atoms with Crippen LogP contribution in [0.15, 0.2) is 40.9 Å². The van der Waals surface area contributed by atoms with Gasteiger partial charge in [-0.05, 0) is 12.5 Å². The number of hydrogen-bond acceptors (Lipinski definition) is 4. The predicted octanol–water partition coefficient (Wildman–Crippen LogP) is 1.86. The monoisotopic (exact) mass is 260 g/mol. The molecule has 0 saturated carbocycles. The van der Waals surface area contributed by atoms with Crippen molar-refractivity contribution >= 4 is 11.9 Å². The summed E-state index contributed by atoms with van der Waals surface area (Å²) in [5.74, 6) is -2.10. The minimum Gasteiger partial charge on any atom is -0.475 e. The zero-order valence-electron chi connectivity index (χ0n) is 10.2. The Balaban J connectivity index is 2.06. The smallest absolute Gasteiger partial charge is 0.374 e. The van der Waals surface area contributed by atoms with Crippen molar-refractivity contribution in [1.82, 2.24) is 10.5 Å². The molecule has 1 heterocycles. The zero-order valence-corrected chi connectivity index (χ0v) is 10.2. The highest BCUT2D eigenvalue weighted by molar-refractivity contribution is 5.95. The van der Waals surface area contributed by atoms with Crippen LogP contribution in [-0.4, -0.2) is 22.1 Å². The summed E-state index contributed by atoms with van der Waals surface area (Å²) in [6.07, 6.45) is 0. The van der Waals surface area contributed by atoms with E-state index in [0.717, 1.165) is 11.6 Å². The van der Waals surface area contributed by atoms with E-state index in [-0.39, 0.29) is 17.5 Å². The Labute approximate surface area is 109 Å². The van der Waals surface area contributed by atoms with E-state index in [1.807, 2.05) is 37.3 Å². The van der Waals surface area contributed by atoms with E-state index in [1.165, 1.54) is 0 Å². The predicted molar refractivity (Wildman–Crippen MR) is 65.8 cm³/mol. The number of aromatic nitrogens is 1. The molecule has 19 heavy (non-hydrogen) atoms. The van der Waals surface area contributed by atoms with Gasteiger partial charge in [-0.3, -0.25) is 4.79 Å². The molecule has 0 spiro atoms. The van der Waals surface area contributed by atoms with Crippen molar-refractivity contribution in [2.75, 3.05) is 0 Å². The fourth-order valence-electron chi connectivity index (χ4n) is 1.58. The Morgan fingerprint density at radius 2 is 2.00 bits per heavy atom. The molecular weight excluding hydrogens is 248 g/mol. The maximum absolute atomic E-state index is 11.8. The zero-order chi connectivity index (χ0) is 13.8. The molecule has 1 aromatic heterocycles. The van der Waals surface area contributed by atoms with Crippen LogP contribution in [0.4, 0.5) is 0 Å². The van der Waals surface area contributed by atoms with Crippen molar-refractivity contribution < 1.29 is 19.2 Å². The lowest BCUT2D eigenvalue weighted by Gasteiger charge is -2.12. The second-order valence-electron chi connectivity index (χ2n) is 3.99. The summed E-state index contributed by atoms with van der Waals surface area (Å²) >= 11 is 0. The Morgan fingerprint density at radius 1 is 1.32 bits per heavy atom. The molecule has 0 bridgehead atoms. The quantitative estimate of drug-likeness (QED) is 0.875. The highest BCUT2D eigenvalue weighted by Crippen LogP contribution is 2.12. The van der Waals surface area contributed by atoms with Gasteiger partial charge >= 0.3 is 5.97 Å². The average molecular weight is 260 g/mol. The number of carbonyl (C=O) groups is 2. The minimum atomic E-state index is -1.26. The van der Waals surface area contributed by atoms with Crippen LogP contribution in [0.1, 0.15) is 39.6 Å². The van der Waals surface area contributed by atoms with Crippen LogP contribution in [0.5, 0.6) is 0 Å². The normalized spacial score (nSPS) is 11.8. The molecule has 0 saturated heterocycles. The van der Waals surface area contributed by atoms with Gasteiger partial charge in [0.15, 0.2) is 5.69 Å². The van der Waals surface area contributed by atoms with Crippen LogP contribution >= 0.6 is 0 Å². The van der Waals surface area contributed by atoms with Gasteiger partial charge in [-0.1, -0.05) is 35.5 Å². The molecule has 1 aromatic carbocycles. The average Bonchev–Trinajstić information content (AvgIpc) is 2.89. The van der Waals surface area contributed by atoms with E-state index in [0.29, 0.717) is 0 Å². The molecule has 98 valence electrons. The molecule has 1 atom stereocenters. The highest BCUT2D eigenvalue weighted by atomic mass is 16.5. The third-order valence-corrected chi connectivity index (χ3v) is 2.60. The Morgan fingerprint density at radius 3 is 2.58 bits per heavy atom. The molecule has 0 fully saturated rings. The maximum atomic E-state index is 11.8. The number of carboxylic acid groups (broad SMARTS) is 1. The molecule has 0 aliphatic rings. The molecule has 6 heteroatoms. The third kappa shape index (κ3) is 2.98. The second kappa shape index (κ2) is 5.34. The number of aromatic carboxylic acids is 1. The fraction of sp³-hybridized carbons (Fsp3) is 0.154. The van der Waals surface area contributed by atoms with E-state index < -0.39 is 11.9 Å². The second-order valence-corrected chi connectivity index (χ2v) is 3.99. The molecule has 0 aliphatic carbocycles. The lowest BCUT2D eigenvalue weighted by molar-refractivity contribution is 0.0651. The summed E-state index contributed by atoms with van der Waals surface area (Å²) in [6, 6.07) is 10.3. The van der Waals surface area contributed by atoms with E-state index in [4.69, 9.17) is 5.11 Å². The lowest BCUT2D eigenvalue weighted by Crippen LogP contribution is -2.26. The minimum absolute atomic E-state index is 0.0554. The van der Waals surface area contributed by atoms with Gasteiger partial charge in [0, 0.05) is 6.07 Å². The third-order valence-electron chi connectivity index (χ3n) is 2.60. The van der Waals surface area contributed by atoms with E-state index in [9.17, 15) is 9.59 Å². The maximum Gasteiger partial charge on any atom is 0.374 e. The number of carbonyl (C=O) groups excluding carboxylic acids is 1. The van der Waals surface area contributed by atoms with Crippen LogP contribution in [0.25, 0.3) is 0 Å². The summed E-state index contributed by atoms with van der Waals surface area (Å²) in [5, 5.41) is 14.8. The van der Waals surface area contributed by atoms with Crippen LogP contribution in [0.3, 0.4) is 0 Å². The summed E-state index contributed by atoms with van der Waals surface area (Å²) < 4.78 is 4.52. The summed E-state index contributed by atoms with van der Waals surface area (Å²) in [4.78, 5) is 22.5. The number of rotatable bonds is 4. The lowest BCUT2D eigenvalue weighted by atomic mass is 10.1. The van der Waals surface area contributed by atoms with Gasteiger partial charge in [0.1, 0.15) is 0 Å². The molecule has 2 N–H and O–H groups in total. The number of amides is 1. The van der Waals surface area contributed by atoms with Crippen molar-refractivity contribution in [1.29, 1.82) is 0 Å². The molecule has 0 radical (unpaired) electrons. The van der Waals surface area contributed by atoms with Gasteiger partial charge < -0.3 is 14.9 Å². The number of carboxylic acids is 1. The molecule has 1 amide bonds. The molecule has 2 rings (SSSR count). The van der Waals surface area contributed by atoms with Crippen LogP contribution in [-0.2, 0) is 0 Å². The Bertz CT molecular complexity index is 592. The first-order chi connectivity index (χ1) is 9.08. The van der Waals surface area contributed by atoms with Gasteiger partial charge in [-0.2, -0.15) is 0 Å². The van der Waals surface area contributed by atoms with Crippen molar-refractivity contribution in [3.8, 4) is 0 Å². The number of nitrogens with zero attached hydrogens (tertiary/aromatic N) is 1. The van der Waals surface area contributed by atoms with Crippen molar-refractivity contribution in [3.05, 3.63) is 53.4 Å². The van der Waals surface area contributed by atoms with Crippen LogP contribution in [0.2, 0.25) is 0 Å². The topological polar surface area (TPSA) is 92.4 Å². The van der Waals surface area contributed by atoms with Crippen molar-refractivity contribution in [3.63, 3.8) is 0 Å². The largest absolute Gasteiger partial charge is 0.475 e. The van der Waals surface area contributed by atoms with Crippen molar-refractivity contribution in [2.45, 2.75) is 13.0 Å². The van der Waals surface area contributed by atoms with Gasteiger partial charge in [0.05, 0.1) is 6.04 Å².